The topological polar surface area (TPSA) is 0 Å². The minimum atomic E-state index is 0.276. The van der Waals surface area contributed by atoms with Crippen LogP contribution in [-0.2, 0) is 0 Å². The molecule has 0 spiro atoms. The van der Waals surface area contributed by atoms with Crippen LogP contribution < -0.4 is 10.4 Å². The fraction of sp³-hybridized carbons (Fsp3) is 0.105. The maximum Gasteiger partial charge on any atom is 0.0137 e. The molecule has 0 saturated carbocycles. The molecular weight excluding hydrogens is 456 g/mol. The van der Waals surface area contributed by atoms with Crippen molar-refractivity contribution < 1.29 is 0 Å². The summed E-state index contributed by atoms with van der Waals surface area (Å²) in [5.74, 6) is 0.929. The number of fused-ring (bicyclic) bond motifs is 2. The van der Waals surface area contributed by atoms with E-state index in [-0.39, 0.29) is 11.8 Å². The molecule has 182 valence electrons. The molecule has 0 fully saturated rings. The van der Waals surface area contributed by atoms with Crippen LogP contribution in [0.2, 0.25) is 0 Å². The average molecular weight is 487 g/mol. The van der Waals surface area contributed by atoms with E-state index >= 15 is 0 Å². The number of hydrogen-bond donors (Lipinski definition) is 0. The Morgan fingerprint density at radius 3 is 1.82 bits per heavy atom. The van der Waals surface area contributed by atoms with Gasteiger partial charge in [-0.1, -0.05) is 152 Å². The molecule has 0 saturated heterocycles. The first-order chi connectivity index (χ1) is 18.9. The zero-order valence-corrected chi connectivity index (χ0v) is 21.4. The lowest BCUT2D eigenvalue weighted by Gasteiger charge is -2.37. The maximum absolute atomic E-state index is 2.43. The molecule has 0 aromatic heterocycles. The number of benzene rings is 4. The Kier molecular flexibility index (Phi) is 5.87. The van der Waals surface area contributed by atoms with Gasteiger partial charge >= 0.3 is 0 Å². The van der Waals surface area contributed by atoms with Gasteiger partial charge in [0.15, 0.2) is 0 Å². The zero-order valence-electron chi connectivity index (χ0n) is 21.4. The van der Waals surface area contributed by atoms with Gasteiger partial charge in [-0.2, -0.15) is 0 Å². The van der Waals surface area contributed by atoms with E-state index in [1.807, 2.05) is 0 Å². The Labute approximate surface area is 225 Å². The van der Waals surface area contributed by atoms with Gasteiger partial charge in [-0.3, -0.25) is 0 Å². The van der Waals surface area contributed by atoms with Crippen molar-refractivity contribution in [2.24, 2.45) is 11.8 Å². The fourth-order valence-corrected chi connectivity index (χ4v) is 6.64. The molecule has 0 aliphatic heterocycles. The molecule has 0 nitrogen and oxygen atoms in total. The van der Waals surface area contributed by atoms with Crippen LogP contribution in [0.4, 0.5) is 0 Å². The second kappa shape index (κ2) is 9.80. The summed E-state index contributed by atoms with van der Waals surface area (Å²) < 4.78 is 0. The van der Waals surface area contributed by atoms with Crippen molar-refractivity contribution >= 4 is 11.1 Å². The maximum atomic E-state index is 2.43. The zero-order chi connectivity index (χ0) is 25.3. The Balaban J connectivity index is 1.54. The number of allylic oxidation sites excluding steroid dienone is 8. The van der Waals surface area contributed by atoms with Crippen LogP contribution >= 0.6 is 0 Å². The van der Waals surface area contributed by atoms with Crippen LogP contribution in [0.15, 0.2) is 157 Å². The Bertz CT molecular complexity index is 1730. The number of rotatable bonds is 4. The van der Waals surface area contributed by atoms with Gasteiger partial charge in [0.25, 0.3) is 0 Å². The first-order valence-corrected chi connectivity index (χ1v) is 13.7. The van der Waals surface area contributed by atoms with Gasteiger partial charge in [-0.05, 0) is 55.8 Å². The lowest BCUT2D eigenvalue weighted by atomic mass is 9.66. The highest BCUT2D eigenvalue weighted by molar-refractivity contribution is 5.87. The summed E-state index contributed by atoms with van der Waals surface area (Å²) in [7, 11) is 0. The van der Waals surface area contributed by atoms with E-state index in [9.17, 15) is 0 Å². The fourth-order valence-electron chi connectivity index (χ4n) is 6.64. The molecule has 7 rings (SSSR count). The van der Waals surface area contributed by atoms with Crippen molar-refractivity contribution in [2.75, 3.05) is 0 Å². The second-order valence-corrected chi connectivity index (χ2v) is 10.4. The van der Waals surface area contributed by atoms with Gasteiger partial charge in [0.2, 0.25) is 0 Å². The van der Waals surface area contributed by atoms with Crippen molar-refractivity contribution in [1.82, 2.24) is 0 Å². The summed E-state index contributed by atoms with van der Waals surface area (Å²) >= 11 is 0. The van der Waals surface area contributed by atoms with Gasteiger partial charge in [0.1, 0.15) is 0 Å². The summed E-state index contributed by atoms with van der Waals surface area (Å²) in [6, 6.07) is 39.9. The number of hydrogen-bond acceptors (Lipinski definition) is 0. The largest absolute Gasteiger partial charge is 0.0836 e. The Morgan fingerprint density at radius 2 is 1.08 bits per heavy atom. The van der Waals surface area contributed by atoms with Crippen molar-refractivity contribution in [3.63, 3.8) is 0 Å². The minimum absolute atomic E-state index is 0.276. The van der Waals surface area contributed by atoms with E-state index in [0.29, 0.717) is 5.92 Å². The highest BCUT2D eigenvalue weighted by Crippen LogP contribution is 2.46. The van der Waals surface area contributed by atoms with Crippen LogP contribution in [0.25, 0.3) is 22.3 Å². The predicted octanol–water partition coefficient (Wildman–Crippen LogP) is 7.75. The summed E-state index contributed by atoms with van der Waals surface area (Å²) in [5, 5.41) is 2.73. The van der Waals surface area contributed by atoms with Crippen LogP contribution in [-0.4, -0.2) is 0 Å². The standard InChI is InChI=1S/C38H30/c1-3-15-27(16-4-1)29-19-7-9-21-31(29)37-33-23-11-13-25-35(33)38(36-26-14-12-24-34(36)37)32-22-10-8-20-30(32)28-17-5-2-6-18-28/h1-19,21-26,30,33,35H,20H2. The smallest absolute Gasteiger partial charge is 0.0137 e. The van der Waals surface area contributed by atoms with Gasteiger partial charge < -0.3 is 0 Å². The Hall–Kier alpha value is -4.42. The monoisotopic (exact) mass is 486 g/mol. The van der Waals surface area contributed by atoms with Gasteiger partial charge in [0.05, 0.1) is 0 Å². The molecule has 3 aliphatic carbocycles. The van der Waals surface area contributed by atoms with E-state index in [2.05, 4.69) is 152 Å². The van der Waals surface area contributed by atoms with E-state index in [4.69, 9.17) is 0 Å². The quantitative estimate of drug-likeness (QED) is 0.277. The lowest BCUT2D eigenvalue weighted by Crippen LogP contribution is -2.41. The predicted molar refractivity (Wildman–Crippen MR) is 160 cm³/mol. The third kappa shape index (κ3) is 3.85. The lowest BCUT2D eigenvalue weighted by molar-refractivity contribution is 0.670. The first kappa shape index (κ1) is 22.8. The van der Waals surface area contributed by atoms with Gasteiger partial charge in [-0.25, -0.2) is 0 Å². The summed E-state index contributed by atoms with van der Waals surface area (Å²) in [5.41, 5.74) is 9.64. The van der Waals surface area contributed by atoms with Crippen molar-refractivity contribution in [3.8, 4) is 11.1 Å². The Morgan fingerprint density at radius 1 is 0.500 bits per heavy atom. The van der Waals surface area contributed by atoms with Crippen LogP contribution in [0.3, 0.4) is 0 Å². The molecule has 0 amide bonds. The highest BCUT2D eigenvalue weighted by atomic mass is 14.4. The molecule has 0 heterocycles. The van der Waals surface area contributed by atoms with Gasteiger partial charge in [-0.15, -0.1) is 0 Å². The van der Waals surface area contributed by atoms with Crippen molar-refractivity contribution in [3.05, 3.63) is 179 Å². The normalized spacial score (nSPS) is 21.6. The minimum Gasteiger partial charge on any atom is -0.0836 e. The molecule has 38 heavy (non-hydrogen) atoms. The first-order valence-electron chi connectivity index (χ1n) is 13.7. The molecule has 0 heteroatoms. The molecule has 0 N–H and O–H groups in total. The highest BCUT2D eigenvalue weighted by Gasteiger charge is 2.35. The molecule has 3 atom stereocenters. The van der Waals surface area contributed by atoms with E-state index in [0.717, 1.165) is 6.42 Å². The van der Waals surface area contributed by atoms with E-state index in [1.165, 1.54) is 49.4 Å². The third-order valence-electron chi connectivity index (χ3n) is 8.28. The molecule has 4 aromatic rings. The third-order valence-corrected chi connectivity index (χ3v) is 8.28. The average Bonchev–Trinajstić information content (AvgIpc) is 3.01. The van der Waals surface area contributed by atoms with Crippen LogP contribution in [0.5, 0.6) is 0 Å². The van der Waals surface area contributed by atoms with Crippen LogP contribution in [0, 0.1) is 11.8 Å². The van der Waals surface area contributed by atoms with Crippen molar-refractivity contribution in [2.45, 2.75) is 12.3 Å². The molecule has 0 bridgehead atoms. The molecular formula is C38H30. The summed E-state index contributed by atoms with van der Waals surface area (Å²) in [6.45, 7) is 0. The second-order valence-electron chi connectivity index (χ2n) is 10.4. The summed E-state index contributed by atoms with van der Waals surface area (Å²) in [6.07, 6.45) is 17.3. The van der Waals surface area contributed by atoms with E-state index < -0.39 is 0 Å². The van der Waals surface area contributed by atoms with E-state index in [1.54, 1.807) is 0 Å². The van der Waals surface area contributed by atoms with Crippen molar-refractivity contribution in [1.29, 1.82) is 0 Å². The summed E-state index contributed by atoms with van der Waals surface area (Å²) in [4.78, 5) is 0. The van der Waals surface area contributed by atoms with Crippen LogP contribution in [0.1, 0.15) is 23.5 Å². The van der Waals surface area contributed by atoms with Gasteiger partial charge in [0, 0.05) is 17.8 Å². The molecule has 3 aliphatic rings. The SMILES string of the molecule is C1=CCC(c2ccccc2)C(C2=c3ccccc3=C(c3ccccc3-c3ccccc3)C3C=CC=CC23)=C1. The molecule has 0 radical (unpaired) electrons. The molecule has 3 unspecified atom stereocenters. The molecule has 4 aromatic carbocycles.